The van der Waals surface area contributed by atoms with Crippen LogP contribution in [0.2, 0.25) is 0 Å². The van der Waals surface area contributed by atoms with Gasteiger partial charge in [-0.3, -0.25) is 4.79 Å². The van der Waals surface area contributed by atoms with Gasteiger partial charge in [-0.05, 0) is 24.3 Å². The first kappa shape index (κ1) is 24.6. The lowest BCUT2D eigenvalue weighted by Gasteiger charge is -2.39. The second kappa shape index (κ2) is 9.60. The Labute approximate surface area is 197 Å². The summed E-state index contributed by atoms with van der Waals surface area (Å²) in [5.41, 5.74) is -0.790. The predicted octanol–water partition coefficient (Wildman–Crippen LogP) is 0.0671. The monoisotopic (exact) mass is 492 g/mol. The lowest BCUT2D eigenvalue weighted by atomic mass is 9.99. The van der Waals surface area contributed by atoms with Crippen LogP contribution in [0.25, 0.3) is 22.3 Å². The number of aliphatic hydroxyl groups is 4. The molecule has 35 heavy (non-hydrogen) atoms. The molecule has 12 heteroatoms. The number of aliphatic hydroxyl groups excluding tert-OH is 4. The van der Waals surface area contributed by atoms with E-state index in [0.717, 1.165) is 6.07 Å². The number of aromatic hydroxyl groups is 2. The molecule has 188 valence electrons. The molecule has 1 fully saturated rings. The molecule has 1 saturated heterocycles. The highest BCUT2D eigenvalue weighted by Crippen LogP contribution is 2.43. The van der Waals surface area contributed by atoms with E-state index in [1.54, 1.807) is 24.3 Å². The van der Waals surface area contributed by atoms with Gasteiger partial charge in [-0.25, -0.2) is 0 Å². The molecule has 0 amide bonds. The topological polar surface area (TPSA) is 189 Å². The summed E-state index contributed by atoms with van der Waals surface area (Å²) in [4.78, 5) is 13.5. The maximum Gasteiger partial charge on any atom is 0.239 e. The number of phenolic OH excluding ortho intramolecular Hbond substituents is 2. The molecule has 12 nitrogen and oxygen atoms in total. The first-order valence-corrected chi connectivity index (χ1v) is 10.4. The van der Waals surface area contributed by atoms with Crippen LogP contribution in [0.5, 0.6) is 28.7 Å². The van der Waals surface area contributed by atoms with E-state index in [9.17, 15) is 35.4 Å². The highest BCUT2D eigenvalue weighted by atomic mass is 16.7. The van der Waals surface area contributed by atoms with Gasteiger partial charge in [-0.2, -0.15) is 0 Å². The summed E-state index contributed by atoms with van der Waals surface area (Å²) in [5.74, 6) is -1.74. The minimum absolute atomic E-state index is 0.161. The van der Waals surface area contributed by atoms with E-state index in [1.165, 1.54) is 14.2 Å². The van der Waals surface area contributed by atoms with Crippen molar-refractivity contribution in [3.63, 3.8) is 0 Å². The normalized spacial score (nSPS) is 24.3. The number of ether oxygens (including phenoxy) is 4. The van der Waals surface area contributed by atoms with Gasteiger partial charge in [0.05, 0.1) is 20.8 Å². The Morgan fingerprint density at radius 2 is 1.63 bits per heavy atom. The molecule has 0 bridgehead atoms. The van der Waals surface area contributed by atoms with E-state index in [4.69, 9.17) is 23.4 Å². The third-order valence-electron chi connectivity index (χ3n) is 5.69. The van der Waals surface area contributed by atoms with Crippen LogP contribution in [0.1, 0.15) is 0 Å². The maximum absolute atomic E-state index is 13.5. The van der Waals surface area contributed by atoms with Crippen molar-refractivity contribution in [3.05, 3.63) is 40.6 Å². The van der Waals surface area contributed by atoms with Crippen LogP contribution in [0.4, 0.5) is 0 Å². The van der Waals surface area contributed by atoms with Gasteiger partial charge in [0.1, 0.15) is 41.1 Å². The van der Waals surface area contributed by atoms with Gasteiger partial charge < -0.3 is 54.0 Å². The number of hydrogen-bond acceptors (Lipinski definition) is 12. The molecule has 4 rings (SSSR count). The number of rotatable bonds is 6. The maximum atomic E-state index is 13.5. The van der Waals surface area contributed by atoms with Crippen LogP contribution in [0.15, 0.2) is 39.5 Å². The fraction of sp³-hybridized carbons (Fsp3) is 0.348. The number of hydrogen-bond donors (Lipinski definition) is 6. The van der Waals surface area contributed by atoms with E-state index in [0.29, 0.717) is 11.3 Å². The van der Waals surface area contributed by atoms with Crippen LogP contribution >= 0.6 is 0 Å². The number of phenols is 2. The van der Waals surface area contributed by atoms with Gasteiger partial charge in [0.25, 0.3) is 0 Å². The zero-order valence-corrected chi connectivity index (χ0v) is 18.6. The van der Waals surface area contributed by atoms with Crippen LogP contribution in [0, 0.1) is 0 Å². The van der Waals surface area contributed by atoms with Crippen molar-refractivity contribution in [3.8, 4) is 40.1 Å². The zero-order valence-electron chi connectivity index (χ0n) is 18.6. The minimum Gasteiger partial charge on any atom is -0.504 e. The van der Waals surface area contributed by atoms with Gasteiger partial charge in [0.15, 0.2) is 17.3 Å². The highest BCUT2D eigenvalue weighted by molar-refractivity contribution is 5.91. The molecule has 0 aliphatic carbocycles. The van der Waals surface area contributed by atoms with E-state index < -0.39 is 65.4 Å². The van der Waals surface area contributed by atoms with Gasteiger partial charge in [0, 0.05) is 11.6 Å². The molecule has 2 unspecified atom stereocenters. The van der Waals surface area contributed by atoms with Gasteiger partial charge >= 0.3 is 0 Å². The van der Waals surface area contributed by atoms with Crippen LogP contribution in [-0.2, 0) is 4.74 Å². The Morgan fingerprint density at radius 3 is 2.23 bits per heavy atom. The molecule has 1 aromatic heterocycles. The summed E-state index contributed by atoms with van der Waals surface area (Å²) in [6, 6.07) is 7.35. The first-order chi connectivity index (χ1) is 16.7. The lowest BCUT2D eigenvalue weighted by Crippen LogP contribution is -2.60. The SMILES string of the molecule is COc1ccc(-c2oc3cc(O)c(OC)c(O)c3c(=O)c2O[C@H]2O[C@H](CO)[C@H](O)C(O)C2O)cc1. The minimum atomic E-state index is -1.81. The third-order valence-corrected chi connectivity index (χ3v) is 5.69. The van der Waals surface area contributed by atoms with Crippen LogP contribution in [0.3, 0.4) is 0 Å². The smallest absolute Gasteiger partial charge is 0.239 e. The van der Waals surface area contributed by atoms with Crippen molar-refractivity contribution in [2.24, 2.45) is 0 Å². The second-order valence-corrected chi connectivity index (χ2v) is 7.78. The molecule has 1 aliphatic heterocycles. The van der Waals surface area contributed by atoms with E-state index in [2.05, 4.69) is 0 Å². The molecule has 6 N–H and O–H groups in total. The van der Waals surface area contributed by atoms with E-state index >= 15 is 0 Å². The van der Waals surface area contributed by atoms with Crippen molar-refractivity contribution >= 4 is 11.0 Å². The second-order valence-electron chi connectivity index (χ2n) is 7.78. The standard InChI is InChI=1S/C23H24O12/c1-31-10-5-3-9(4-6-10)20-22(35-23-19(30)18(29)15(26)13(8-24)34-23)17(28)14-12(33-20)7-11(25)21(32-2)16(14)27/h3-7,13,15,18-19,23-27,29-30H,8H2,1-2H3/t13-,15+,18?,19?,23-/m1/s1. The summed E-state index contributed by atoms with van der Waals surface area (Å²) in [6.45, 7) is -0.709. The van der Waals surface area contributed by atoms with Crippen molar-refractivity contribution < 1.29 is 54.0 Å². The molecule has 5 atom stereocenters. The number of fused-ring (bicyclic) bond motifs is 1. The summed E-state index contributed by atoms with van der Waals surface area (Å²) in [7, 11) is 2.65. The number of benzene rings is 2. The fourth-order valence-corrected chi connectivity index (χ4v) is 3.81. The lowest BCUT2D eigenvalue weighted by molar-refractivity contribution is -0.277. The van der Waals surface area contributed by atoms with Gasteiger partial charge in [-0.15, -0.1) is 0 Å². The van der Waals surface area contributed by atoms with Gasteiger partial charge in [0.2, 0.25) is 23.2 Å². The van der Waals surface area contributed by atoms with Crippen molar-refractivity contribution in [1.29, 1.82) is 0 Å². The zero-order chi connectivity index (χ0) is 25.4. The molecular weight excluding hydrogens is 468 g/mol. The Balaban J connectivity index is 1.92. The predicted molar refractivity (Wildman–Crippen MR) is 119 cm³/mol. The number of methoxy groups -OCH3 is 2. The third kappa shape index (κ3) is 4.22. The average Bonchev–Trinajstić information content (AvgIpc) is 2.85. The molecule has 3 aromatic rings. The molecular formula is C23H24O12. The molecule has 1 aliphatic rings. The fourth-order valence-electron chi connectivity index (χ4n) is 3.81. The Hall–Kier alpha value is -3.55. The van der Waals surface area contributed by atoms with Crippen molar-refractivity contribution in [1.82, 2.24) is 0 Å². The van der Waals surface area contributed by atoms with E-state index in [-0.39, 0.29) is 17.1 Å². The summed E-state index contributed by atoms with van der Waals surface area (Å²) in [5, 5.41) is 60.3. The molecule has 0 saturated carbocycles. The molecule has 2 aromatic carbocycles. The Kier molecular flexibility index (Phi) is 6.74. The summed E-state index contributed by atoms with van der Waals surface area (Å²) < 4.78 is 26.9. The van der Waals surface area contributed by atoms with Gasteiger partial charge in [-0.1, -0.05) is 0 Å². The largest absolute Gasteiger partial charge is 0.504 e. The first-order valence-electron chi connectivity index (χ1n) is 10.4. The van der Waals surface area contributed by atoms with Crippen LogP contribution in [-0.4, -0.2) is 82.2 Å². The molecule has 0 spiro atoms. The van der Waals surface area contributed by atoms with Crippen molar-refractivity contribution in [2.45, 2.75) is 30.7 Å². The summed E-state index contributed by atoms with van der Waals surface area (Å²) in [6.07, 6.45) is -8.20. The summed E-state index contributed by atoms with van der Waals surface area (Å²) >= 11 is 0. The highest BCUT2D eigenvalue weighted by Gasteiger charge is 2.45. The quantitative estimate of drug-likeness (QED) is 0.272. The molecule has 2 heterocycles. The Morgan fingerprint density at radius 1 is 0.943 bits per heavy atom. The van der Waals surface area contributed by atoms with Crippen LogP contribution < -0.4 is 19.6 Å². The average molecular weight is 492 g/mol. The molecule has 0 radical (unpaired) electrons. The van der Waals surface area contributed by atoms with E-state index in [1.807, 2.05) is 0 Å². The Bertz CT molecular complexity index is 1270. The van der Waals surface area contributed by atoms with Crippen molar-refractivity contribution in [2.75, 3.05) is 20.8 Å².